The predicted octanol–water partition coefficient (Wildman–Crippen LogP) is 2.41. The third-order valence-electron chi connectivity index (χ3n) is 2.84. The molecule has 0 unspecified atom stereocenters. The maximum Gasteiger partial charge on any atom is 0.219 e. The van der Waals surface area contributed by atoms with E-state index in [1.54, 1.807) is 11.8 Å². The number of hydrogen-bond acceptors (Lipinski definition) is 2. The topological polar surface area (TPSA) is 32.3 Å². The van der Waals surface area contributed by atoms with Crippen molar-refractivity contribution in [2.24, 2.45) is 0 Å². The molecule has 0 aliphatic carbocycles. The molecule has 0 aromatic rings. The van der Waals surface area contributed by atoms with Gasteiger partial charge in [0.2, 0.25) is 5.91 Å². The van der Waals surface area contributed by atoms with Crippen LogP contribution in [-0.2, 0) is 4.79 Å². The maximum absolute atomic E-state index is 10.9. The highest BCUT2D eigenvalue weighted by Crippen LogP contribution is 1.97. The van der Waals surface area contributed by atoms with Crippen molar-refractivity contribution in [3.63, 3.8) is 0 Å². The van der Waals surface area contributed by atoms with Crippen molar-refractivity contribution in [2.45, 2.75) is 52.4 Å². The van der Waals surface area contributed by atoms with E-state index in [2.05, 4.69) is 12.2 Å². The molecule has 3 nitrogen and oxygen atoms in total. The van der Waals surface area contributed by atoms with Crippen molar-refractivity contribution in [3.05, 3.63) is 0 Å². The zero-order chi connectivity index (χ0) is 12.2. The second-order valence-electron chi connectivity index (χ2n) is 4.46. The van der Waals surface area contributed by atoms with Crippen molar-refractivity contribution >= 4 is 5.91 Å². The van der Waals surface area contributed by atoms with E-state index < -0.39 is 0 Å². The molecule has 96 valence electrons. The standard InChI is InChI=1S/C13H28N2O/c1-4-5-7-10-14-11-8-6-9-12-15(3)13(2)16/h14H,4-12H2,1-3H3. The molecule has 0 fully saturated rings. The zero-order valence-corrected chi connectivity index (χ0v) is 11.2. The van der Waals surface area contributed by atoms with Gasteiger partial charge in [-0.05, 0) is 32.4 Å². The van der Waals surface area contributed by atoms with E-state index in [9.17, 15) is 4.79 Å². The summed E-state index contributed by atoms with van der Waals surface area (Å²) in [5.74, 6) is 0.165. The van der Waals surface area contributed by atoms with Gasteiger partial charge in [0.1, 0.15) is 0 Å². The number of rotatable bonds is 10. The lowest BCUT2D eigenvalue weighted by atomic mass is 10.2. The Kier molecular flexibility index (Phi) is 10.5. The van der Waals surface area contributed by atoms with E-state index in [4.69, 9.17) is 0 Å². The number of unbranched alkanes of at least 4 members (excludes halogenated alkanes) is 4. The molecule has 0 spiro atoms. The van der Waals surface area contributed by atoms with Crippen LogP contribution in [0.15, 0.2) is 0 Å². The Labute approximate surface area is 101 Å². The molecule has 1 amide bonds. The van der Waals surface area contributed by atoms with E-state index in [0.717, 1.165) is 26.1 Å². The molecule has 0 atom stereocenters. The molecular weight excluding hydrogens is 200 g/mol. The summed E-state index contributed by atoms with van der Waals surface area (Å²) >= 11 is 0. The molecular formula is C13H28N2O. The number of nitrogens with one attached hydrogen (secondary N) is 1. The number of carbonyl (C=O) groups excluding carboxylic acids is 1. The van der Waals surface area contributed by atoms with Crippen molar-refractivity contribution in [1.29, 1.82) is 0 Å². The summed E-state index contributed by atoms with van der Waals surface area (Å²) < 4.78 is 0. The molecule has 3 heteroatoms. The summed E-state index contributed by atoms with van der Waals surface area (Å²) in [6, 6.07) is 0. The average molecular weight is 228 g/mol. The summed E-state index contributed by atoms with van der Waals surface area (Å²) in [5, 5.41) is 3.45. The van der Waals surface area contributed by atoms with E-state index in [1.165, 1.54) is 32.1 Å². The maximum atomic E-state index is 10.9. The first-order chi connectivity index (χ1) is 7.68. The van der Waals surface area contributed by atoms with Crippen LogP contribution >= 0.6 is 0 Å². The molecule has 0 aromatic heterocycles. The quantitative estimate of drug-likeness (QED) is 0.582. The molecule has 0 aliphatic heterocycles. The Bertz CT molecular complexity index is 171. The SMILES string of the molecule is CCCCCNCCCCCN(C)C(C)=O. The van der Waals surface area contributed by atoms with Gasteiger partial charge in [-0.2, -0.15) is 0 Å². The molecule has 1 N–H and O–H groups in total. The number of nitrogens with zero attached hydrogens (tertiary/aromatic N) is 1. The molecule has 0 rings (SSSR count). The summed E-state index contributed by atoms with van der Waals surface area (Å²) in [4.78, 5) is 12.7. The van der Waals surface area contributed by atoms with Gasteiger partial charge in [-0.1, -0.05) is 26.2 Å². The van der Waals surface area contributed by atoms with Crippen LogP contribution in [0.4, 0.5) is 0 Å². The molecule has 0 saturated carbocycles. The molecule has 0 radical (unpaired) electrons. The number of hydrogen-bond donors (Lipinski definition) is 1. The van der Waals surface area contributed by atoms with Crippen LogP contribution in [0.2, 0.25) is 0 Å². The molecule has 0 heterocycles. The fraction of sp³-hybridized carbons (Fsp3) is 0.923. The lowest BCUT2D eigenvalue weighted by Gasteiger charge is -2.14. The van der Waals surface area contributed by atoms with Crippen LogP contribution in [0.3, 0.4) is 0 Å². The minimum absolute atomic E-state index is 0.165. The minimum atomic E-state index is 0.165. The highest BCUT2D eigenvalue weighted by atomic mass is 16.2. The van der Waals surface area contributed by atoms with Gasteiger partial charge in [-0.15, -0.1) is 0 Å². The molecule has 0 bridgehead atoms. The fourth-order valence-electron chi connectivity index (χ4n) is 1.56. The Morgan fingerprint density at radius 2 is 1.69 bits per heavy atom. The van der Waals surface area contributed by atoms with Gasteiger partial charge in [0, 0.05) is 20.5 Å². The zero-order valence-electron chi connectivity index (χ0n) is 11.2. The highest BCUT2D eigenvalue weighted by Gasteiger charge is 2.00. The predicted molar refractivity (Wildman–Crippen MR) is 69.6 cm³/mol. The van der Waals surface area contributed by atoms with Gasteiger partial charge in [-0.3, -0.25) is 4.79 Å². The Hall–Kier alpha value is -0.570. The van der Waals surface area contributed by atoms with Crippen molar-refractivity contribution < 1.29 is 4.79 Å². The number of amides is 1. The molecule has 0 aromatic carbocycles. The highest BCUT2D eigenvalue weighted by molar-refractivity contribution is 5.72. The minimum Gasteiger partial charge on any atom is -0.346 e. The lowest BCUT2D eigenvalue weighted by molar-refractivity contribution is -0.127. The van der Waals surface area contributed by atoms with E-state index in [1.807, 2.05) is 7.05 Å². The normalized spacial score (nSPS) is 10.4. The van der Waals surface area contributed by atoms with Crippen molar-refractivity contribution in [2.75, 3.05) is 26.7 Å². The lowest BCUT2D eigenvalue weighted by Crippen LogP contribution is -2.25. The summed E-state index contributed by atoms with van der Waals surface area (Å²) in [7, 11) is 1.87. The Morgan fingerprint density at radius 1 is 1.06 bits per heavy atom. The largest absolute Gasteiger partial charge is 0.346 e. The van der Waals surface area contributed by atoms with Gasteiger partial charge in [0.15, 0.2) is 0 Å². The van der Waals surface area contributed by atoms with Gasteiger partial charge >= 0.3 is 0 Å². The van der Waals surface area contributed by atoms with Crippen molar-refractivity contribution in [1.82, 2.24) is 10.2 Å². The molecule has 0 aliphatic rings. The average Bonchev–Trinajstić information content (AvgIpc) is 2.26. The van der Waals surface area contributed by atoms with Gasteiger partial charge in [0.05, 0.1) is 0 Å². The first kappa shape index (κ1) is 15.4. The molecule has 16 heavy (non-hydrogen) atoms. The van der Waals surface area contributed by atoms with E-state index in [0.29, 0.717) is 0 Å². The van der Waals surface area contributed by atoms with Crippen molar-refractivity contribution in [3.8, 4) is 0 Å². The van der Waals surface area contributed by atoms with Gasteiger partial charge in [-0.25, -0.2) is 0 Å². The monoisotopic (exact) mass is 228 g/mol. The Morgan fingerprint density at radius 3 is 2.25 bits per heavy atom. The van der Waals surface area contributed by atoms with Crippen LogP contribution in [0.5, 0.6) is 0 Å². The third kappa shape index (κ3) is 9.97. The Balaban J connectivity index is 3.07. The summed E-state index contributed by atoms with van der Waals surface area (Å²) in [5.41, 5.74) is 0. The summed E-state index contributed by atoms with van der Waals surface area (Å²) in [6.07, 6.45) is 7.46. The van der Waals surface area contributed by atoms with E-state index in [-0.39, 0.29) is 5.91 Å². The van der Waals surface area contributed by atoms with Crippen LogP contribution in [0.1, 0.15) is 52.4 Å². The second kappa shape index (κ2) is 10.9. The summed E-state index contributed by atoms with van der Waals surface area (Å²) in [6.45, 7) is 7.01. The van der Waals surface area contributed by atoms with Crippen LogP contribution in [0, 0.1) is 0 Å². The van der Waals surface area contributed by atoms with Crippen LogP contribution in [0.25, 0.3) is 0 Å². The van der Waals surface area contributed by atoms with Crippen LogP contribution in [-0.4, -0.2) is 37.5 Å². The molecule has 0 saturated heterocycles. The smallest absolute Gasteiger partial charge is 0.219 e. The van der Waals surface area contributed by atoms with Crippen LogP contribution < -0.4 is 5.32 Å². The van der Waals surface area contributed by atoms with Gasteiger partial charge < -0.3 is 10.2 Å². The van der Waals surface area contributed by atoms with Gasteiger partial charge in [0.25, 0.3) is 0 Å². The first-order valence-corrected chi connectivity index (χ1v) is 6.61. The van der Waals surface area contributed by atoms with E-state index >= 15 is 0 Å². The number of carbonyl (C=O) groups is 1. The fourth-order valence-corrected chi connectivity index (χ4v) is 1.56. The first-order valence-electron chi connectivity index (χ1n) is 6.61. The third-order valence-corrected chi connectivity index (χ3v) is 2.84. The second-order valence-corrected chi connectivity index (χ2v) is 4.46.